The Bertz CT molecular complexity index is 3610. The molecule has 2 heteroatoms. The highest BCUT2D eigenvalue weighted by atomic mass is 16.3. The van der Waals surface area contributed by atoms with Gasteiger partial charge in [0.05, 0.1) is 5.69 Å². The van der Waals surface area contributed by atoms with Crippen LogP contribution in [0.3, 0.4) is 0 Å². The molecule has 0 bridgehead atoms. The highest BCUT2D eigenvalue weighted by molar-refractivity contribution is 6.16. The molecule has 60 heavy (non-hydrogen) atoms. The van der Waals surface area contributed by atoms with Gasteiger partial charge in [0.25, 0.3) is 0 Å². The second kappa shape index (κ2) is 13.9. The molecule has 11 aromatic carbocycles. The van der Waals surface area contributed by atoms with Crippen LogP contribution < -0.4 is 4.90 Å². The van der Waals surface area contributed by atoms with Crippen molar-refractivity contribution in [3.05, 3.63) is 224 Å². The first-order valence-corrected chi connectivity index (χ1v) is 20.6. The summed E-state index contributed by atoms with van der Waals surface area (Å²) in [5.41, 5.74) is 12.1. The van der Waals surface area contributed by atoms with Gasteiger partial charge in [0.1, 0.15) is 11.2 Å². The number of hydrogen-bond donors (Lipinski definition) is 0. The van der Waals surface area contributed by atoms with Gasteiger partial charge in [0.2, 0.25) is 0 Å². The maximum absolute atomic E-state index is 6.53. The van der Waals surface area contributed by atoms with Crippen molar-refractivity contribution < 1.29 is 4.42 Å². The van der Waals surface area contributed by atoms with E-state index >= 15 is 0 Å². The average molecular weight is 764 g/mol. The smallest absolute Gasteiger partial charge is 0.143 e. The van der Waals surface area contributed by atoms with E-state index in [1.54, 1.807) is 0 Å². The molecule has 1 heterocycles. The molecular formula is C58H37NO. The third-order valence-corrected chi connectivity index (χ3v) is 12.2. The van der Waals surface area contributed by atoms with Crippen molar-refractivity contribution in [2.45, 2.75) is 0 Å². The van der Waals surface area contributed by atoms with Crippen molar-refractivity contribution in [1.29, 1.82) is 0 Å². The van der Waals surface area contributed by atoms with Gasteiger partial charge in [0.15, 0.2) is 0 Å². The lowest BCUT2D eigenvalue weighted by atomic mass is 9.96. The lowest BCUT2D eigenvalue weighted by Gasteiger charge is -2.28. The highest BCUT2D eigenvalue weighted by Gasteiger charge is 2.20. The van der Waals surface area contributed by atoms with E-state index in [0.717, 1.165) is 55.5 Å². The molecule has 0 atom stereocenters. The summed E-state index contributed by atoms with van der Waals surface area (Å²) in [5, 5.41) is 12.1. The zero-order chi connectivity index (χ0) is 39.6. The Kier molecular flexibility index (Phi) is 7.89. The largest absolute Gasteiger partial charge is 0.455 e. The predicted molar refractivity (Wildman–Crippen MR) is 255 cm³/mol. The minimum absolute atomic E-state index is 0.889. The normalized spacial score (nSPS) is 11.7. The molecule has 0 spiro atoms. The lowest BCUT2D eigenvalue weighted by molar-refractivity contribution is 0.672. The van der Waals surface area contributed by atoms with Crippen LogP contribution in [0.2, 0.25) is 0 Å². The van der Waals surface area contributed by atoms with Crippen LogP contribution in [0, 0.1) is 0 Å². The van der Waals surface area contributed by atoms with Crippen molar-refractivity contribution >= 4 is 82.1 Å². The van der Waals surface area contributed by atoms with Gasteiger partial charge in [-0.15, -0.1) is 0 Å². The first-order valence-electron chi connectivity index (χ1n) is 20.6. The van der Waals surface area contributed by atoms with E-state index in [-0.39, 0.29) is 0 Å². The van der Waals surface area contributed by atoms with Crippen LogP contribution in [0.25, 0.3) is 98.4 Å². The molecule has 1 aromatic heterocycles. The fourth-order valence-corrected chi connectivity index (χ4v) is 9.20. The van der Waals surface area contributed by atoms with Crippen LogP contribution >= 0.6 is 0 Å². The van der Waals surface area contributed by atoms with Gasteiger partial charge in [-0.05, 0) is 126 Å². The molecule has 0 saturated carbocycles. The molecule has 0 unspecified atom stereocenters. The molecule has 0 N–H and O–H groups in total. The number of para-hydroxylation sites is 1. The molecule has 12 rings (SSSR count). The minimum Gasteiger partial charge on any atom is -0.455 e. The fraction of sp³-hybridized carbons (Fsp3) is 0. The number of furan rings is 1. The highest BCUT2D eigenvalue weighted by Crippen LogP contribution is 2.44. The zero-order valence-electron chi connectivity index (χ0n) is 32.7. The number of hydrogen-bond acceptors (Lipinski definition) is 2. The van der Waals surface area contributed by atoms with Crippen LogP contribution in [-0.4, -0.2) is 0 Å². The van der Waals surface area contributed by atoms with Gasteiger partial charge in [0, 0.05) is 33.1 Å². The molecule has 0 aliphatic rings. The maximum atomic E-state index is 6.53. The summed E-state index contributed by atoms with van der Waals surface area (Å²) in [6, 6.07) is 81.4. The van der Waals surface area contributed by atoms with Crippen LogP contribution in [0.4, 0.5) is 17.1 Å². The summed E-state index contributed by atoms with van der Waals surface area (Å²) < 4.78 is 6.53. The van der Waals surface area contributed by atoms with E-state index in [0.29, 0.717) is 0 Å². The van der Waals surface area contributed by atoms with E-state index in [4.69, 9.17) is 4.42 Å². The molecule has 2 nitrogen and oxygen atoms in total. The summed E-state index contributed by atoms with van der Waals surface area (Å²) in [6.45, 7) is 0. The van der Waals surface area contributed by atoms with E-state index < -0.39 is 0 Å². The van der Waals surface area contributed by atoms with Crippen molar-refractivity contribution in [2.24, 2.45) is 0 Å². The first kappa shape index (κ1) is 34.1. The Morgan fingerprint density at radius 3 is 1.75 bits per heavy atom. The van der Waals surface area contributed by atoms with Crippen molar-refractivity contribution in [3.63, 3.8) is 0 Å². The molecule has 0 saturated heterocycles. The predicted octanol–water partition coefficient (Wildman–Crippen LogP) is 16.7. The Balaban J connectivity index is 1.00. The SMILES string of the molecule is c1cc(-c2ccc3ccccc3c2)cc(N(c2ccc(-c3ccc4c(ccc5ccccc54)c3)cc2)c2ccccc2-c2ccc3oc4c5ccccc5ccc4c3c2)c1. The van der Waals surface area contributed by atoms with Gasteiger partial charge in [-0.1, -0.05) is 164 Å². The van der Waals surface area contributed by atoms with Crippen molar-refractivity contribution in [3.8, 4) is 33.4 Å². The summed E-state index contributed by atoms with van der Waals surface area (Å²) in [5.74, 6) is 0. The third-order valence-electron chi connectivity index (χ3n) is 12.2. The Morgan fingerprint density at radius 1 is 0.283 bits per heavy atom. The van der Waals surface area contributed by atoms with E-state index in [1.165, 1.54) is 60.0 Å². The van der Waals surface area contributed by atoms with E-state index in [9.17, 15) is 0 Å². The van der Waals surface area contributed by atoms with Crippen LogP contribution in [0.15, 0.2) is 229 Å². The number of nitrogens with zero attached hydrogens (tertiary/aromatic N) is 1. The summed E-state index contributed by atoms with van der Waals surface area (Å²) in [7, 11) is 0. The molecule has 0 radical (unpaired) electrons. The molecule has 0 fully saturated rings. The van der Waals surface area contributed by atoms with Gasteiger partial charge in [-0.2, -0.15) is 0 Å². The topological polar surface area (TPSA) is 16.4 Å². The van der Waals surface area contributed by atoms with Crippen LogP contribution in [0.1, 0.15) is 0 Å². The third kappa shape index (κ3) is 5.73. The van der Waals surface area contributed by atoms with E-state index in [1.807, 2.05) is 0 Å². The Morgan fingerprint density at radius 2 is 0.867 bits per heavy atom. The molecular weight excluding hydrogens is 727 g/mol. The summed E-state index contributed by atoms with van der Waals surface area (Å²) in [6.07, 6.45) is 0. The molecule has 0 aliphatic carbocycles. The second-order valence-corrected chi connectivity index (χ2v) is 15.7. The summed E-state index contributed by atoms with van der Waals surface area (Å²) in [4.78, 5) is 2.40. The zero-order valence-corrected chi connectivity index (χ0v) is 32.7. The summed E-state index contributed by atoms with van der Waals surface area (Å²) >= 11 is 0. The molecule has 0 aliphatic heterocycles. The Hall–Kier alpha value is -7.94. The van der Waals surface area contributed by atoms with Crippen molar-refractivity contribution in [2.75, 3.05) is 4.90 Å². The van der Waals surface area contributed by atoms with Crippen molar-refractivity contribution in [1.82, 2.24) is 0 Å². The number of benzene rings is 11. The maximum Gasteiger partial charge on any atom is 0.143 e. The molecule has 280 valence electrons. The number of fused-ring (bicyclic) bond motifs is 9. The molecule has 12 aromatic rings. The Labute approximate surface area is 347 Å². The van der Waals surface area contributed by atoms with Crippen LogP contribution in [-0.2, 0) is 0 Å². The lowest BCUT2D eigenvalue weighted by Crippen LogP contribution is -2.11. The standard InChI is InChI=1S/C58H37NO/c1-2-13-42-34-45(22-20-38(42)10-1)43-14-9-15-49(36-43)59(48-29-24-39(25-30-48)44-27-31-51-46(35-44)23-21-40-11-3-5-16-50(40)51)56-19-8-7-17-52(56)47-28-33-57-55(37-47)54-32-26-41-12-4-6-18-53(41)58(54)60-57/h1-37H. The second-order valence-electron chi connectivity index (χ2n) is 15.7. The monoisotopic (exact) mass is 763 g/mol. The first-order chi connectivity index (χ1) is 29.7. The number of rotatable bonds is 6. The van der Waals surface area contributed by atoms with Gasteiger partial charge >= 0.3 is 0 Å². The van der Waals surface area contributed by atoms with E-state index in [2.05, 4.69) is 229 Å². The minimum atomic E-state index is 0.889. The number of anilines is 3. The van der Waals surface area contributed by atoms with Gasteiger partial charge in [-0.3, -0.25) is 0 Å². The van der Waals surface area contributed by atoms with Gasteiger partial charge < -0.3 is 9.32 Å². The molecule has 0 amide bonds. The quantitative estimate of drug-likeness (QED) is 0.157. The average Bonchev–Trinajstić information content (AvgIpc) is 3.70. The fourth-order valence-electron chi connectivity index (χ4n) is 9.20. The van der Waals surface area contributed by atoms with Gasteiger partial charge in [-0.25, -0.2) is 0 Å². The van der Waals surface area contributed by atoms with Crippen LogP contribution in [0.5, 0.6) is 0 Å².